The number of rotatable bonds is 19. The first-order valence-corrected chi connectivity index (χ1v) is 13.9. The zero-order chi connectivity index (χ0) is 24.7. The van der Waals surface area contributed by atoms with Crippen molar-refractivity contribution in [1.29, 1.82) is 0 Å². The minimum atomic E-state index is -3.89. The van der Waals surface area contributed by atoms with Crippen LogP contribution in [0.25, 0.3) is 0 Å². The number of anilines is 1. The van der Waals surface area contributed by atoms with E-state index in [0.29, 0.717) is 23.3 Å². The van der Waals surface area contributed by atoms with E-state index in [0.717, 1.165) is 19.3 Å². The van der Waals surface area contributed by atoms with Crippen LogP contribution in [0.15, 0.2) is 30.3 Å². The third-order valence-electron chi connectivity index (χ3n) is 5.64. The molecule has 33 heavy (non-hydrogen) atoms. The molecule has 0 bridgehead atoms. The Morgan fingerprint density at radius 3 is 1.94 bits per heavy atom. The second kappa shape index (κ2) is 15.3. The maximum Gasteiger partial charge on any atom is 0.305 e. The molecule has 1 rings (SSSR count). The lowest BCUT2D eigenvalue weighted by molar-refractivity contribution is -0.872. The van der Waals surface area contributed by atoms with E-state index in [1.54, 1.807) is 24.3 Å². The number of hydrogen-bond donors (Lipinski definition) is 2. The molecule has 0 radical (unpaired) electrons. The predicted octanol–water partition coefficient (Wildman–Crippen LogP) is 5.12. The zero-order valence-electron chi connectivity index (χ0n) is 21.1. The Kier molecular flexibility index (Phi) is 13.6. The quantitative estimate of drug-likeness (QED) is 0.211. The van der Waals surface area contributed by atoms with Gasteiger partial charge in [0.15, 0.2) is 0 Å². The Morgan fingerprint density at radius 2 is 1.45 bits per heavy atom. The maximum atomic E-state index is 13.3. The van der Waals surface area contributed by atoms with Gasteiger partial charge in [0.05, 0.1) is 40.2 Å². The number of benzene rings is 1. The highest BCUT2D eigenvalue weighted by atomic mass is 32.2. The molecule has 1 aromatic rings. The van der Waals surface area contributed by atoms with Crippen LogP contribution in [0.1, 0.15) is 77.6 Å². The highest BCUT2D eigenvalue weighted by Gasteiger charge is 2.34. The third kappa shape index (κ3) is 13.6. The summed E-state index contributed by atoms with van der Waals surface area (Å²) in [6.45, 7) is 2.96. The molecule has 0 aromatic heterocycles. The van der Waals surface area contributed by atoms with E-state index in [1.807, 2.05) is 27.2 Å². The summed E-state index contributed by atoms with van der Waals surface area (Å²) in [5.74, 6) is -0.989. The first kappa shape index (κ1) is 29.4. The Morgan fingerprint density at radius 1 is 0.939 bits per heavy atom. The molecule has 0 fully saturated rings. The number of likely N-dealkylation sites (N-methyl/N-ethyl adjacent to an activating group) is 1. The van der Waals surface area contributed by atoms with Crippen LogP contribution in [0.3, 0.4) is 0 Å². The van der Waals surface area contributed by atoms with Crippen LogP contribution in [0.4, 0.5) is 5.69 Å². The van der Waals surface area contributed by atoms with Crippen molar-refractivity contribution in [2.75, 3.05) is 39.0 Å². The van der Waals surface area contributed by atoms with Crippen molar-refractivity contribution < 1.29 is 22.8 Å². The topological polar surface area (TPSA) is 86.7 Å². The molecule has 2 N–H and O–H groups in total. The fourth-order valence-electron chi connectivity index (χ4n) is 4.06. The van der Waals surface area contributed by atoms with Crippen LogP contribution in [-0.2, 0) is 15.0 Å². The molecular formula is C25H46N3O4S+. The van der Waals surface area contributed by atoms with Gasteiger partial charge in [-0.05, 0) is 18.6 Å². The summed E-state index contributed by atoms with van der Waals surface area (Å²) in [5, 5.41) is 9.48. The van der Waals surface area contributed by atoms with Crippen LogP contribution in [0, 0.1) is 0 Å². The smallest absolute Gasteiger partial charge is 0.305 e. The summed E-state index contributed by atoms with van der Waals surface area (Å²) in [4.78, 5) is 11.6. The Bertz CT molecular complexity index is 764. The van der Waals surface area contributed by atoms with Gasteiger partial charge in [0.1, 0.15) is 0 Å². The van der Waals surface area contributed by atoms with Crippen molar-refractivity contribution in [3.05, 3.63) is 30.3 Å². The fraction of sp³-hybridized carbons (Fsp3) is 0.720. The number of nitrogens with zero attached hydrogens (tertiary/aromatic N) is 2. The molecule has 7 nitrogen and oxygen atoms in total. The second-order valence-electron chi connectivity index (χ2n) is 9.99. The van der Waals surface area contributed by atoms with E-state index >= 15 is 0 Å². The fourth-order valence-corrected chi connectivity index (χ4v) is 5.51. The summed E-state index contributed by atoms with van der Waals surface area (Å²) in [5.41, 5.74) is 0.477. The van der Waals surface area contributed by atoms with Crippen LogP contribution < -0.4 is 4.72 Å². The normalized spacial score (nSPS) is 13.2. The van der Waals surface area contributed by atoms with Gasteiger partial charge in [0.2, 0.25) is 0 Å². The molecule has 0 heterocycles. The molecular weight excluding hydrogens is 438 g/mol. The van der Waals surface area contributed by atoms with Crippen LogP contribution in [-0.4, -0.2) is 68.6 Å². The van der Waals surface area contributed by atoms with E-state index in [9.17, 15) is 18.3 Å². The van der Waals surface area contributed by atoms with Crippen molar-refractivity contribution in [2.45, 2.75) is 83.6 Å². The molecule has 8 heteroatoms. The lowest BCUT2D eigenvalue weighted by Crippen LogP contribution is -2.53. The van der Waals surface area contributed by atoms with E-state index in [-0.39, 0.29) is 6.42 Å². The largest absolute Gasteiger partial charge is 0.481 e. The van der Waals surface area contributed by atoms with Gasteiger partial charge in [-0.2, -0.15) is 12.7 Å². The van der Waals surface area contributed by atoms with Crippen molar-refractivity contribution in [3.63, 3.8) is 0 Å². The number of carboxylic acids is 1. The number of quaternary nitrogens is 1. The van der Waals surface area contributed by atoms with Crippen molar-refractivity contribution >= 4 is 21.9 Å². The monoisotopic (exact) mass is 484 g/mol. The molecule has 0 aliphatic carbocycles. The minimum Gasteiger partial charge on any atom is -0.481 e. The number of aliphatic carboxylic acids is 1. The van der Waals surface area contributed by atoms with Gasteiger partial charge in [0, 0.05) is 12.2 Å². The summed E-state index contributed by atoms with van der Waals surface area (Å²) in [6.07, 6.45) is 11.4. The molecule has 0 aliphatic rings. The molecule has 0 unspecified atom stereocenters. The average Bonchev–Trinajstić information content (AvgIpc) is 2.70. The van der Waals surface area contributed by atoms with E-state index in [4.69, 9.17) is 0 Å². The molecule has 1 aromatic carbocycles. The SMILES string of the molecule is CCCCCCCCCCCCN([C@@H](CC(=O)O)C[N+](C)(C)C)S(=O)(=O)Nc1ccccc1. The number of nitrogens with one attached hydrogen (secondary N) is 1. The van der Waals surface area contributed by atoms with Gasteiger partial charge in [-0.1, -0.05) is 82.9 Å². The molecule has 0 saturated heterocycles. The molecule has 0 aliphatic heterocycles. The Hall–Kier alpha value is -1.64. The Labute approximate surface area is 201 Å². The molecule has 0 saturated carbocycles. The zero-order valence-corrected chi connectivity index (χ0v) is 21.9. The number of carbonyl (C=O) groups is 1. The van der Waals surface area contributed by atoms with E-state index in [2.05, 4.69) is 11.6 Å². The van der Waals surface area contributed by atoms with Crippen molar-refractivity contribution in [2.24, 2.45) is 0 Å². The summed E-state index contributed by atoms with van der Waals surface area (Å²) < 4.78 is 31.1. The molecule has 0 amide bonds. The van der Waals surface area contributed by atoms with Crippen molar-refractivity contribution in [3.8, 4) is 0 Å². The van der Waals surface area contributed by atoms with Crippen LogP contribution in [0.2, 0.25) is 0 Å². The second-order valence-corrected chi connectivity index (χ2v) is 11.6. The van der Waals surface area contributed by atoms with E-state index in [1.165, 1.54) is 49.3 Å². The van der Waals surface area contributed by atoms with Gasteiger partial charge < -0.3 is 9.59 Å². The van der Waals surface area contributed by atoms with Gasteiger partial charge in [-0.15, -0.1) is 0 Å². The minimum absolute atomic E-state index is 0.219. The molecule has 1 atom stereocenters. The number of para-hydroxylation sites is 1. The highest BCUT2D eigenvalue weighted by molar-refractivity contribution is 7.90. The van der Waals surface area contributed by atoms with Crippen LogP contribution >= 0.6 is 0 Å². The highest BCUT2D eigenvalue weighted by Crippen LogP contribution is 2.19. The predicted molar refractivity (Wildman–Crippen MR) is 136 cm³/mol. The molecule has 190 valence electrons. The first-order valence-electron chi connectivity index (χ1n) is 12.4. The number of unbranched alkanes of at least 4 members (excludes halogenated alkanes) is 9. The van der Waals surface area contributed by atoms with Gasteiger partial charge in [-0.3, -0.25) is 9.52 Å². The van der Waals surface area contributed by atoms with Gasteiger partial charge >= 0.3 is 16.2 Å². The summed E-state index contributed by atoms with van der Waals surface area (Å²) >= 11 is 0. The summed E-state index contributed by atoms with van der Waals surface area (Å²) in [7, 11) is 1.95. The third-order valence-corrected chi connectivity index (χ3v) is 7.23. The van der Waals surface area contributed by atoms with Crippen molar-refractivity contribution in [1.82, 2.24) is 4.31 Å². The van der Waals surface area contributed by atoms with E-state index < -0.39 is 22.2 Å². The molecule has 0 spiro atoms. The maximum absolute atomic E-state index is 13.3. The standard InChI is InChI=1S/C25H45N3O4S/c1-5-6-7-8-9-10-11-12-13-17-20-27(24(21-25(29)30)22-28(2,3)4)33(31,32)26-23-18-15-14-16-19-23/h14-16,18-19,24,26H,5-13,17,20-22H2,1-4H3/p+1/t24-/m0/s1. The lowest BCUT2D eigenvalue weighted by atomic mass is 10.1. The summed E-state index contributed by atoms with van der Waals surface area (Å²) in [6, 6.07) is 8.13. The van der Waals surface area contributed by atoms with Gasteiger partial charge in [0.25, 0.3) is 0 Å². The number of hydrogen-bond acceptors (Lipinski definition) is 3. The first-order chi connectivity index (χ1) is 15.5. The van der Waals surface area contributed by atoms with Crippen LogP contribution in [0.5, 0.6) is 0 Å². The Balaban J connectivity index is 2.77. The average molecular weight is 485 g/mol. The number of carboxylic acid groups (broad SMARTS) is 1. The lowest BCUT2D eigenvalue weighted by Gasteiger charge is -2.35. The van der Waals surface area contributed by atoms with Gasteiger partial charge in [-0.25, -0.2) is 0 Å².